The maximum absolute atomic E-state index is 10.6. The van der Waals surface area contributed by atoms with Crippen LogP contribution in [0.1, 0.15) is 22.2 Å². The monoisotopic (exact) mass is 290 g/mol. The van der Waals surface area contributed by atoms with Crippen LogP contribution in [0.15, 0.2) is 36.4 Å². The van der Waals surface area contributed by atoms with E-state index in [-0.39, 0.29) is 10.6 Å². The van der Waals surface area contributed by atoms with Crippen LogP contribution in [0.4, 0.5) is 5.69 Å². The van der Waals surface area contributed by atoms with Gasteiger partial charge in [0, 0.05) is 34.5 Å². The minimum absolute atomic E-state index is 0.135. The van der Waals surface area contributed by atoms with Gasteiger partial charge in [0.2, 0.25) is 0 Å². The lowest BCUT2D eigenvalue weighted by molar-refractivity contribution is -0.384. The summed E-state index contributed by atoms with van der Waals surface area (Å²) in [6.45, 7) is 4.99. The Morgan fingerprint density at radius 3 is 2.50 bits per heavy atom. The van der Waals surface area contributed by atoms with E-state index in [0.717, 1.165) is 18.5 Å². The molecule has 0 fully saturated rings. The standard InChI is InChI=1S/C15H18N2O2S/c1-11(9-15-8-3-12(2)20-15)16-10-13-4-6-14(7-5-13)17(18)19/h3-8,11,16H,9-10H2,1-2H3. The number of non-ortho nitro benzene ring substituents is 1. The Kier molecular flexibility index (Phi) is 4.87. The highest BCUT2D eigenvalue weighted by molar-refractivity contribution is 7.11. The molecule has 1 unspecified atom stereocenters. The number of aryl methyl sites for hydroxylation is 1. The number of benzene rings is 1. The van der Waals surface area contributed by atoms with Crippen LogP contribution >= 0.6 is 11.3 Å². The highest BCUT2D eigenvalue weighted by atomic mass is 32.1. The minimum Gasteiger partial charge on any atom is -0.310 e. The molecular formula is C15H18N2O2S. The molecule has 0 radical (unpaired) electrons. The Hall–Kier alpha value is -1.72. The van der Waals surface area contributed by atoms with E-state index in [2.05, 4.69) is 31.3 Å². The van der Waals surface area contributed by atoms with E-state index in [4.69, 9.17) is 0 Å². The molecule has 0 bridgehead atoms. The van der Waals surface area contributed by atoms with Gasteiger partial charge in [0.25, 0.3) is 5.69 Å². The van der Waals surface area contributed by atoms with E-state index in [1.165, 1.54) is 9.75 Å². The molecule has 0 aliphatic carbocycles. The van der Waals surface area contributed by atoms with Gasteiger partial charge in [-0.15, -0.1) is 11.3 Å². The molecule has 5 heteroatoms. The number of nitrogens with one attached hydrogen (secondary N) is 1. The minimum atomic E-state index is -0.376. The topological polar surface area (TPSA) is 55.2 Å². The lowest BCUT2D eigenvalue weighted by Gasteiger charge is -2.12. The van der Waals surface area contributed by atoms with Gasteiger partial charge in [0.1, 0.15) is 0 Å². The second kappa shape index (κ2) is 6.63. The molecule has 0 saturated carbocycles. The normalized spacial score (nSPS) is 12.3. The van der Waals surface area contributed by atoms with Gasteiger partial charge >= 0.3 is 0 Å². The van der Waals surface area contributed by atoms with Crippen LogP contribution in [0, 0.1) is 17.0 Å². The van der Waals surface area contributed by atoms with Crippen molar-refractivity contribution in [3.63, 3.8) is 0 Å². The van der Waals surface area contributed by atoms with Crippen molar-refractivity contribution in [2.24, 2.45) is 0 Å². The third-order valence-corrected chi connectivity index (χ3v) is 4.13. The zero-order chi connectivity index (χ0) is 14.5. The third kappa shape index (κ3) is 4.15. The van der Waals surface area contributed by atoms with E-state index >= 15 is 0 Å². The molecule has 4 nitrogen and oxygen atoms in total. The fourth-order valence-electron chi connectivity index (χ4n) is 2.00. The van der Waals surface area contributed by atoms with Gasteiger partial charge in [0.05, 0.1) is 4.92 Å². The predicted molar refractivity (Wildman–Crippen MR) is 82.2 cm³/mol. The van der Waals surface area contributed by atoms with E-state index in [9.17, 15) is 10.1 Å². The van der Waals surface area contributed by atoms with Gasteiger partial charge < -0.3 is 5.32 Å². The van der Waals surface area contributed by atoms with Crippen molar-refractivity contribution in [3.8, 4) is 0 Å². The van der Waals surface area contributed by atoms with Crippen molar-refractivity contribution in [2.75, 3.05) is 0 Å². The summed E-state index contributed by atoms with van der Waals surface area (Å²) in [5.74, 6) is 0. The number of nitro groups is 1. The van der Waals surface area contributed by atoms with Gasteiger partial charge in [-0.3, -0.25) is 10.1 Å². The largest absolute Gasteiger partial charge is 0.310 e. The Balaban J connectivity index is 1.83. The Morgan fingerprint density at radius 1 is 1.25 bits per heavy atom. The van der Waals surface area contributed by atoms with Crippen molar-refractivity contribution >= 4 is 17.0 Å². The molecule has 1 aromatic heterocycles. The molecule has 106 valence electrons. The molecule has 0 spiro atoms. The summed E-state index contributed by atoms with van der Waals surface area (Å²) >= 11 is 1.83. The highest BCUT2D eigenvalue weighted by Gasteiger charge is 2.07. The molecule has 1 N–H and O–H groups in total. The number of rotatable bonds is 6. The molecule has 0 amide bonds. The smallest absolute Gasteiger partial charge is 0.269 e. The first kappa shape index (κ1) is 14.7. The summed E-state index contributed by atoms with van der Waals surface area (Å²) in [5, 5.41) is 14.0. The van der Waals surface area contributed by atoms with Crippen molar-refractivity contribution in [1.82, 2.24) is 5.32 Å². The van der Waals surface area contributed by atoms with E-state index < -0.39 is 0 Å². The number of thiophene rings is 1. The highest BCUT2D eigenvalue weighted by Crippen LogP contribution is 2.17. The average molecular weight is 290 g/mol. The first-order valence-corrected chi connectivity index (χ1v) is 7.38. The molecule has 1 heterocycles. The third-order valence-electron chi connectivity index (χ3n) is 3.11. The van der Waals surface area contributed by atoms with E-state index in [1.807, 2.05) is 11.3 Å². The number of hydrogen-bond acceptors (Lipinski definition) is 4. The fraction of sp³-hybridized carbons (Fsp3) is 0.333. The summed E-state index contributed by atoms with van der Waals surface area (Å²) < 4.78 is 0. The second-order valence-corrected chi connectivity index (χ2v) is 6.29. The second-order valence-electron chi connectivity index (χ2n) is 4.92. The van der Waals surface area contributed by atoms with Crippen LogP contribution in [0.2, 0.25) is 0 Å². The summed E-state index contributed by atoms with van der Waals surface area (Å²) in [6.07, 6.45) is 1.01. The summed E-state index contributed by atoms with van der Waals surface area (Å²) in [5.41, 5.74) is 1.20. The number of hydrogen-bond donors (Lipinski definition) is 1. The molecule has 20 heavy (non-hydrogen) atoms. The van der Waals surface area contributed by atoms with Crippen LogP contribution in [0.5, 0.6) is 0 Å². The quantitative estimate of drug-likeness (QED) is 0.652. The maximum atomic E-state index is 10.6. The molecule has 1 aromatic carbocycles. The van der Waals surface area contributed by atoms with Crippen LogP contribution in [-0.2, 0) is 13.0 Å². The van der Waals surface area contributed by atoms with E-state index in [0.29, 0.717) is 6.04 Å². The Labute approximate surface area is 122 Å². The summed E-state index contributed by atoms with van der Waals surface area (Å²) in [4.78, 5) is 12.9. The van der Waals surface area contributed by atoms with Gasteiger partial charge in [-0.05, 0) is 38.0 Å². The summed E-state index contributed by atoms with van der Waals surface area (Å²) in [6, 6.07) is 11.4. The maximum Gasteiger partial charge on any atom is 0.269 e. The van der Waals surface area contributed by atoms with Crippen molar-refractivity contribution in [1.29, 1.82) is 0 Å². The van der Waals surface area contributed by atoms with Crippen LogP contribution < -0.4 is 5.32 Å². The van der Waals surface area contributed by atoms with Crippen molar-refractivity contribution in [2.45, 2.75) is 32.9 Å². The van der Waals surface area contributed by atoms with Gasteiger partial charge in [-0.1, -0.05) is 12.1 Å². The fourth-order valence-corrected chi connectivity index (χ4v) is 3.02. The van der Waals surface area contributed by atoms with E-state index in [1.54, 1.807) is 24.3 Å². The molecule has 0 aliphatic heterocycles. The average Bonchev–Trinajstić information content (AvgIpc) is 2.82. The van der Waals surface area contributed by atoms with Crippen LogP contribution in [-0.4, -0.2) is 11.0 Å². The zero-order valence-electron chi connectivity index (χ0n) is 11.6. The molecular weight excluding hydrogens is 272 g/mol. The molecule has 0 aliphatic rings. The molecule has 2 aromatic rings. The lowest BCUT2D eigenvalue weighted by atomic mass is 10.1. The van der Waals surface area contributed by atoms with Crippen LogP contribution in [0.3, 0.4) is 0 Å². The molecule has 1 atom stereocenters. The predicted octanol–water partition coefficient (Wildman–Crippen LogP) is 3.69. The van der Waals surface area contributed by atoms with Gasteiger partial charge in [0.15, 0.2) is 0 Å². The van der Waals surface area contributed by atoms with Crippen LogP contribution in [0.25, 0.3) is 0 Å². The summed E-state index contributed by atoms with van der Waals surface area (Å²) in [7, 11) is 0. The number of nitro benzene ring substituents is 1. The van der Waals surface area contributed by atoms with Crippen molar-refractivity contribution < 1.29 is 4.92 Å². The lowest BCUT2D eigenvalue weighted by Crippen LogP contribution is -2.27. The SMILES string of the molecule is Cc1ccc(CC(C)NCc2ccc([N+](=O)[O-])cc2)s1. The van der Waals surface area contributed by atoms with Gasteiger partial charge in [-0.2, -0.15) is 0 Å². The Bertz CT molecular complexity index is 578. The Morgan fingerprint density at radius 2 is 1.95 bits per heavy atom. The first-order valence-electron chi connectivity index (χ1n) is 6.56. The zero-order valence-corrected chi connectivity index (χ0v) is 12.4. The molecule has 0 saturated heterocycles. The van der Waals surface area contributed by atoms with Crippen molar-refractivity contribution in [3.05, 3.63) is 61.8 Å². The number of nitrogens with zero attached hydrogens (tertiary/aromatic N) is 1. The van der Waals surface area contributed by atoms with Gasteiger partial charge in [-0.25, -0.2) is 0 Å². The first-order chi connectivity index (χ1) is 9.54. The molecule has 2 rings (SSSR count).